The van der Waals surface area contributed by atoms with Gasteiger partial charge in [0.1, 0.15) is 16.2 Å². The topological polar surface area (TPSA) is 108 Å². The smallest absolute Gasteiger partial charge is 0.356 e. The molecule has 0 saturated carbocycles. The van der Waals surface area contributed by atoms with Crippen LogP contribution in [0.3, 0.4) is 0 Å². The monoisotopic (exact) mass is 464 g/mol. The molecule has 33 heavy (non-hydrogen) atoms. The van der Waals surface area contributed by atoms with Crippen molar-refractivity contribution in [3.63, 3.8) is 0 Å². The summed E-state index contributed by atoms with van der Waals surface area (Å²) in [7, 11) is -1.13. The van der Waals surface area contributed by atoms with E-state index in [0.717, 1.165) is 5.56 Å². The Morgan fingerprint density at radius 3 is 2.39 bits per heavy atom. The van der Waals surface area contributed by atoms with Gasteiger partial charge in [0.2, 0.25) is 0 Å². The van der Waals surface area contributed by atoms with Crippen LogP contribution in [0, 0.1) is 0 Å². The van der Waals surface area contributed by atoms with E-state index < -0.39 is 16.1 Å². The third kappa shape index (κ3) is 4.73. The van der Waals surface area contributed by atoms with Gasteiger partial charge in [0, 0.05) is 0 Å². The summed E-state index contributed by atoms with van der Waals surface area (Å²) < 4.78 is 40.2. The van der Waals surface area contributed by atoms with E-state index in [1.54, 1.807) is 56.7 Å². The number of para-hydroxylation sites is 1. The molecule has 1 N–H and O–H groups in total. The summed E-state index contributed by atoms with van der Waals surface area (Å²) in [6.07, 6.45) is 3.55. The standard InChI is InChI=1S/C24H20N2O6S/c1-30-20-13-11-16(15-21(20)31-2)12-14-22-25-19-10-6-9-18(23(19)26-22)24(27)32-33(28,29)17-7-4-3-5-8-17/h3-15H,1-2H3,(H,25,26)/b14-12+. The largest absolute Gasteiger partial charge is 0.493 e. The van der Waals surface area contributed by atoms with E-state index in [0.29, 0.717) is 28.4 Å². The lowest BCUT2D eigenvalue weighted by atomic mass is 10.2. The van der Waals surface area contributed by atoms with Gasteiger partial charge < -0.3 is 18.6 Å². The highest BCUT2D eigenvalue weighted by Crippen LogP contribution is 2.28. The normalized spacial score (nSPS) is 11.6. The zero-order valence-corrected chi connectivity index (χ0v) is 18.6. The van der Waals surface area contributed by atoms with E-state index >= 15 is 0 Å². The average Bonchev–Trinajstić information content (AvgIpc) is 3.26. The minimum atomic E-state index is -4.25. The molecule has 4 rings (SSSR count). The second kappa shape index (κ2) is 9.17. The van der Waals surface area contributed by atoms with Crippen molar-refractivity contribution in [2.24, 2.45) is 0 Å². The molecule has 0 aliphatic heterocycles. The number of nitrogens with zero attached hydrogens (tertiary/aromatic N) is 1. The molecule has 0 unspecified atom stereocenters. The summed E-state index contributed by atoms with van der Waals surface area (Å²) in [4.78, 5) is 20.1. The van der Waals surface area contributed by atoms with Crippen LogP contribution in [0.25, 0.3) is 23.2 Å². The fraction of sp³-hybridized carbons (Fsp3) is 0.0833. The van der Waals surface area contributed by atoms with Gasteiger partial charge in [0.05, 0.1) is 25.3 Å². The molecule has 0 saturated heterocycles. The third-order valence-corrected chi connectivity index (χ3v) is 6.03. The Labute approximate surface area is 190 Å². The summed E-state index contributed by atoms with van der Waals surface area (Å²) in [5.74, 6) is 0.679. The van der Waals surface area contributed by atoms with Gasteiger partial charge in [-0.25, -0.2) is 9.78 Å². The van der Waals surface area contributed by atoms with Crippen LogP contribution >= 0.6 is 0 Å². The number of hydrogen-bond acceptors (Lipinski definition) is 7. The lowest BCUT2D eigenvalue weighted by Crippen LogP contribution is -2.13. The van der Waals surface area contributed by atoms with Gasteiger partial charge in [-0.3, -0.25) is 0 Å². The number of methoxy groups -OCH3 is 2. The number of ether oxygens (including phenoxy) is 2. The lowest BCUT2D eigenvalue weighted by molar-refractivity contribution is 0.0748. The Morgan fingerprint density at radius 2 is 1.67 bits per heavy atom. The van der Waals surface area contributed by atoms with Crippen molar-refractivity contribution >= 4 is 39.3 Å². The Morgan fingerprint density at radius 1 is 0.909 bits per heavy atom. The molecule has 0 bridgehead atoms. The van der Waals surface area contributed by atoms with Crippen LogP contribution in [0.5, 0.6) is 11.5 Å². The summed E-state index contributed by atoms with van der Waals surface area (Å²) >= 11 is 0. The molecular formula is C24H20N2O6S. The van der Waals surface area contributed by atoms with E-state index in [-0.39, 0.29) is 10.5 Å². The SMILES string of the molecule is COc1ccc(/C=C/c2nc3c(C(=O)OS(=O)(=O)c4ccccc4)cccc3[nH]2)cc1OC. The number of rotatable bonds is 7. The molecule has 0 amide bonds. The fourth-order valence-corrected chi connectivity index (χ4v) is 4.08. The number of benzene rings is 3. The van der Waals surface area contributed by atoms with Crippen molar-refractivity contribution in [3.8, 4) is 11.5 Å². The van der Waals surface area contributed by atoms with Crippen LogP contribution in [0.4, 0.5) is 0 Å². The highest BCUT2D eigenvalue weighted by molar-refractivity contribution is 7.87. The van der Waals surface area contributed by atoms with Crippen LogP contribution in [-0.2, 0) is 14.3 Å². The zero-order chi connectivity index (χ0) is 23.4. The van der Waals surface area contributed by atoms with Gasteiger partial charge in [-0.05, 0) is 48.0 Å². The maximum atomic E-state index is 12.7. The predicted molar refractivity (Wildman–Crippen MR) is 124 cm³/mol. The maximum Gasteiger partial charge on any atom is 0.356 e. The van der Waals surface area contributed by atoms with E-state index in [4.69, 9.17) is 13.7 Å². The Kier molecular flexibility index (Phi) is 6.14. The van der Waals surface area contributed by atoms with E-state index in [1.165, 1.54) is 18.2 Å². The van der Waals surface area contributed by atoms with Gasteiger partial charge in [0.25, 0.3) is 0 Å². The van der Waals surface area contributed by atoms with Crippen molar-refractivity contribution in [2.45, 2.75) is 4.90 Å². The summed E-state index contributed by atoms with van der Waals surface area (Å²) in [6, 6.07) is 17.8. The third-order valence-electron chi connectivity index (χ3n) is 4.81. The van der Waals surface area contributed by atoms with Crippen LogP contribution in [0.1, 0.15) is 21.7 Å². The maximum absolute atomic E-state index is 12.7. The molecule has 168 valence electrons. The Hall–Kier alpha value is -4.11. The quantitative estimate of drug-likeness (QED) is 0.406. The van der Waals surface area contributed by atoms with Gasteiger partial charge in [-0.2, -0.15) is 8.42 Å². The average molecular weight is 464 g/mol. The summed E-state index contributed by atoms with van der Waals surface area (Å²) in [6.45, 7) is 0. The number of aromatic nitrogens is 2. The number of aromatic amines is 1. The fourth-order valence-electron chi connectivity index (χ4n) is 3.21. The number of hydrogen-bond donors (Lipinski definition) is 1. The first-order valence-electron chi connectivity index (χ1n) is 9.84. The molecule has 1 aromatic heterocycles. The molecule has 1 heterocycles. The molecule has 0 atom stereocenters. The van der Waals surface area contributed by atoms with Crippen LogP contribution < -0.4 is 9.47 Å². The van der Waals surface area contributed by atoms with Gasteiger partial charge in [-0.1, -0.05) is 36.4 Å². The number of H-pyrrole nitrogens is 1. The molecule has 0 radical (unpaired) electrons. The first kappa shape index (κ1) is 22.1. The molecule has 9 heteroatoms. The minimum Gasteiger partial charge on any atom is -0.493 e. The van der Waals surface area contributed by atoms with Crippen LogP contribution in [0.15, 0.2) is 71.6 Å². The van der Waals surface area contributed by atoms with E-state index in [1.807, 2.05) is 18.2 Å². The molecule has 4 aromatic rings. The van der Waals surface area contributed by atoms with Gasteiger partial charge >= 0.3 is 16.1 Å². The van der Waals surface area contributed by atoms with E-state index in [9.17, 15) is 13.2 Å². The molecule has 0 aliphatic carbocycles. The Balaban J connectivity index is 1.61. The van der Waals surface area contributed by atoms with Crippen LogP contribution in [-0.4, -0.2) is 38.6 Å². The van der Waals surface area contributed by atoms with Crippen molar-refractivity contribution in [2.75, 3.05) is 14.2 Å². The number of fused-ring (bicyclic) bond motifs is 1. The van der Waals surface area contributed by atoms with E-state index in [2.05, 4.69) is 9.97 Å². The molecule has 3 aromatic carbocycles. The lowest BCUT2D eigenvalue weighted by Gasteiger charge is -2.07. The number of carbonyl (C=O) groups excluding carboxylic acids is 1. The van der Waals surface area contributed by atoms with Crippen LogP contribution in [0.2, 0.25) is 0 Å². The number of imidazole rings is 1. The first-order valence-corrected chi connectivity index (χ1v) is 11.2. The molecule has 0 aliphatic rings. The molecular weight excluding hydrogens is 444 g/mol. The minimum absolute atomic E-state index is 0.0361. The number of carbonyl (C=O) groups is 1. The predicted octanol–water partition coefficient (Wildman–Crippen LogP) is 4.30. The highest BCUT2D eigenvalue weighted by atomic mass is 32.2. The second-order valence-corrected chi connectivity index (χ2v) is 8.46. The zero-order valence-electron chi connectivity index (χ0n) is 17.8. The molecule has 0 spiro atoms. The van der Waals surface area contributed by atoms with Crippen molar-refractivity contribution in [1.29, 1.82) is 0 Å². The number of nitrogens with one attached hydrogen (secondary N) is 1. The summed E-state index contributed by atoms with van der Waals surface area (Å²) in [5.41, 5.74) is 1.75. The molecule has 8 nitrogen and oxygen atoms in total. The van der Waals surface area contributed by atoms with Crippen molar-refractivity contribution in [3.05, 3.63) is 83.7 Å². The van der Waals surface area contributed by atoms with Gasteiger partial charge in [-0.15, -0.1) is 0 Å². The Bertz CT molecular complexity index is 1440. The first-order chi connectivity index (χ1) is 15.9. The molecule has 0 fully saturated rings. The van der Waals surface area contributed by atoms with Gasteiger partial charge in [0.15, 0.2) is 11.5 Å². The highest BCUT2D eigenvalue weighted by Gasteiger charge is 2.23. The second-order valence-electron chi connectivity index (χ2n) is 6.91. The summed E-state index contributed by atoms with van der Waals surface area (Å²) in [5, 5.41) is 0. The van der Waals surface area contributed by atoms with Crippen molar-refractivity contribution < 1.29 is 26.9 Å². The van der Waals surface area contributed by atoms with Crippen molar-refractivity contribution in [1.82, 2.24) is 9.97 Å².